The average molecular weight is 354 g/mol. The number of hydrogen-bond donors (Lipinski definition) is 0. The Balaban J connectivity index is 1.75. The number of benzene rings is 2. The predicted octanol–water partition coefficient (Wildman–Crippen LogP) is 5.08. The van der Waals surface area contributed by atoms with E-state index in [0.29, 0.717) is 5.56 Å². The molecule has 24 heavy (non-hydrogen) atoms. The summed E-state index contributed by atoms with van der Waals surface area (Å²) >= 11 is 7.82. The molecule has 2 aromatic carbocycles. The van der Waals surface area contributed by atoms with Gasteiger partial charge in [0.2, 0.25) is 0 Å². The van der Waals surface area contributed by atoms with Crippen LogP contribution in [0.3, 0.4) is 0 Å². The number of halogens is 1. The monoisotopic (exact) mass is 353 g/mol. The van der Waals surface area contributed by atoms with Crippen LogP contribution in [0.5, 0.6) is 0 Å². The van der Waals surface area contributed by atoms with Gasteiger partial charge in [-0.1, -0.05) is 35.9 Å². The van der Waals surface area contributed by atoms with E-state index >= 15 is 0 Å². The van der Waals surface area contributed by atoms with Crippen molar-refractivity contribution in [1.29, 1.82) is 5.26 Å². The van der Waals surface area contributed by atoms with Gasteiger partial charge in [0, 0.05) is 35.0 Å². The molecule has 0 aliphatic heterocycles. The van der Waals surface area contributed by atoms with Gasteiger partial charge in [-0.2, -0.15) is 5.26 Å². The molecule has 3 aromatic rings. The first-order valence-electron chi connectivity index (χ1n) is 7.56. The maximum Gasteiger partial charge on any atom is 0.0991 e. The standard InChI is InChI=1S/C19H16ClN3S/c20-18-7-3-16(4-8-18)13-24-19(12-23-10-9-22-14-23)17-5-1-15(11-21)2-6-17/h1-10,14,19H,12-13H2. The molecular formula is C19H16ClN3S. The van der Waals surface area contributed by atoms with Crippen LogP contribution in [-0.4, -0.2) is 9.55 Å². The van der Waals surface area contributed by atoms with E-state index in [0.717, 1.165) is 17.3 Å². The van der Waals surface area contributed by atoms with Gasteiger partial charge in [-0.3, -0.25) is 0 Å². The zero-order valence-corrected chi connectivity index (χ0v) is 14.5. The van der Waals surface area contributed by atoms with E-state index in [1.807, 2.05) is 60.7 Å². The normalized spacial score (nSPS) is 11.8. The van der Waals surface area contributed by atoms with Crippen LogP contribution in [0.1, 0.15) is 21.9 Å². The molecule has 3 rings (SSSR count). The summed E-state index contributed by atoms with van der Waals surface area (Å²) in [5, 5.41) is 10.0. The highest BCUT2D eigenvalue weighted by Crippen LogP contribution is 2.33. The fourth-order valence-corrected chi connectivity index (χ4v) is 3.73. The fourth-order valence-electron chi connectivity index (χ4n) is 2.39. The van der Waals surface area contributed by atoms with Gasteiger partial charge in [0.15, 0.2) is 0 Å². The quantitative estimate of drug-likeness (QED) is 0.620. The second-order valence-electron chi connectivity index (χ2n) is 5.42. The highest BCUT2D eigenvalue weighted by Gasteiger charge is 2.13. The molecule has 0 spiro atoms. The minimum atomic E-state index is 0.280. The molecule has 0 aliphatic rings. The zero-order valence-electron chi connectivity index (χ0n) is 13.0. The minimum Gasteiger partial charge on any atom is -0.336 e. The SMILES string of the molecule is N#Cc1ccc(C(Cn2ccnc2)SCc2ccc(Cl)cc2)cc1. The van der Waals surface area contributed by atoms with Gasteiger partial charge in [0.05, 0.1) is 18.0 Å². The second kappa shape index (κ2) is 8.05. The fraction of sp³-hybridized carbons (Fsp3) is 0.158. The molecule has 0 amide bonds. The van der Waals surface area contributed by atoms with Crippen molar-refractivity contribution in [2.24, 2.45) is 0 Å². The zero-order chi connectivity index (χ0) is 16.8. The van der Waals surface area contributed by atoms with E-state index < -0.39 is 0 Å². The van der Waals surface area contributed by atoms with Crippen molar-refractivity contribution in [3.05, 3.63) is 89.0 Å². The summed E-state index contributed by atoms with van der Waals surface area (Å²) in [7, 11) is 0. The van der Waals surface area contributed by atoms with Gasteiger partial charge in [-0.25, -0.2) is 4.98 Å². The molecule has 1 aromatic heterocycles. The first kappa shape index (κ1) is 16.6. The maximum absolute atomic E-state index is 8.97. The van der Waals surface area contributed by atoms with Gasteiger partial charge in [-0.05, 0) is 35.4 Å². The summed E-state index contributed by atoms with van der Waals surface area (Å²) in [5.74, 6) is 0.899. The van der Waals surface area contributed by atoms with Crippen molar-refractivity contribution in [2.75, 3.05) is 0 Å². The Kier molecular flexibility index (Phi) is 5.58. The van der Waals surface area contributed by atoms with E-state index in [1.54, 1.807) is 6.20 Å². The minimum absolute atomic E-state index is 0.280. The van der Waals surface area contributed by atoms with E-state index in [2.05, 4.69) is 27.8 Å². The van der Waals surface area contributed by atoms with Crippen molar-refractivity contribution < 1.29 is 0 Å². The summed E-state index contributed by atoms with van der Waals surface area (Å²) in [6.45, 7) is 0.837. The molecule has 0 aliphatic carbocycles. The predicted molar refractivity (Wildman–Crippen MR) is 98.9 cm³/mol. The molecule has 0 N–H and O–H groups in total. The third-order valence-electron chi connectivity index (χ3n) is 3.71. The van der Waals surface area contributed by atoms with Gasteiger partial charge in [0.25, 0.3) is 0 Å². The first-order chi connectivity index (χ1) is 11.7. The van der Waals surface area contributed by atoms with Crippen LogP contribution in [0.4, 0.5) is 0 Å². The number of rotatable bonds is 6. The smallest absolute Gasteiger partial charge is 0.0991 e. The van der Waals surface area contributed by atoms with Crippen molar-refractivity contribution >= 4 is 23.4 Å². The largest absolute Gasteiger partial charge is 0.336 e. The number of thioether (sulfide) groups is 1. The highest BCUT2D eigenvalue weighted by molar-refractivity contribution is 7.98. The topological polar surface area (TPSA) is 41.6 Å². The molecular weight excluding hydrogens is 338 g/mol. The number of hydrogen-bond acceptors (Lipinski definition) is 3. The number of imidazole rings is 1. The molecule has 1 unspecified atom stereocenters. The Morgan fingerprint density at radius 1 is 1.12 bits per heavy atom. The molecule has 3 nitrogen and oxygen atoms in total. The van der Waals surface area contributed by atoms with Gasteiger partial charge >= 0.3 is 0 Å². The summed E-state index contributed by atoms with van der Waals surface area (Å²) in [5.41, 5.74) is 3.14. The Morgan fingerprint density at radius 3 is 2.50 bits per heavy atom. The van der Waals surface area contributed by atoms with Crippen molar-refractivity contribution in [3.63, 3.8) is 0 Å². The Labute approximate surface area is 150 Å². The van der Waals surface area contributed by atoms with Gasteiger partial charge in [0.1, 0.15) is 0 Å². The third kappa shape index (κ3) is 4.41. The van der Waals surface area contributed by atoms with E-state index in [4.69, 9.17) is 16.9 Å². The molecule has 1 heterocycles. The number of nitriles is 1. The number of nitrogens with zero attached hydrogens (tertiary/aromatic N) is 3. The molecule has 5 heteroatoms. The Bertz CT molecular complexity index is 805. The summed E-state index contributed by atoms with van der Waals surface area (Å²) in [6.07, 6.45) is 5.60. The van der Waals surface area contributed by atoms with Crippen LogP contribution in [0.25, 0.3) is 0 Å². The summed E-state index contributed by atoms with van der Waals surface area (Å²) in [4.78, 5) is 4.12. The summed E-state index contributed by atoms with van der Waals surface area (Å²) in [6, 6.07) is 17.9. The van der Waals surface area contributed by atoms with Crippen LogP contribution >= 0.6 is 23.4 Å². The second-order valence-corrected chi connectivity index (χ2v) is 7.05. The van der Waals surface area contributed by atoms with Crippen molar-refractivity contribution in [1.82, 2.24) is 9.55 Å². The van der Waals surface area contributed by atoms with Crippen molar-refractivity contribution in [2.45, 2.75) is 17.5 Å². The highest BCUT2D eigenvalue weighted by atomic mass is 35.5. The Hall–Kier alpha value is -2.22. The molecule has 0 saturated heterocycles. The van der Waals surface area contributed by atoms with Crippen LogP contribution in [0.15, 0.2) is 67.3 Å². The van der Waals surface area contributed by atoms with Gasteiger partial charge < -0.3 is 4.57 Å². The lowest BCUT2D eigenvalue weighted by atomic mass is 10.1. The summed E-state index contributed by atoms with van der Waals surface area (Å²) < 4.78 is 2.08. The van der Waals surface area contributed by atoms with Crippen LogP contribution < -0.4 is 0 Å². The number of aromatic nitrogens is 2. The van der Waals surface area contributed by atoms with E-state index in [-0.39, 0.29) is 5.25 Å². The van der Waals surface area contributed by atoms with Gasteiger partial charge in [-0.15, -0.1) is 11.8 Å². The molecule has 0 bridgehead atoms. The third-order valence-corrected chi connectivity index (χ3v) is 5.29. The van der Waals surface area contributed by atoms with Crippen molar-refractivity contribution in [3.8, 4) is 6.07 Å². The molecule has 1 atom stereocenters. The van der Waals surface area contributed by atoms with E-state index in [9.17, 15) is 0 Å². The lowest BCUT2D eigenvalue weighted by molar-refractivity contribution is 0.683. The lowest BCUT2D eigenvalue weighted by Crippen LogP contribution is -2.05. The first-order valence-corrected chi connectivity index (χ1v) is 8.99. The van der Waals surface area contributed by atoms with Crippen LogP contribution in [-0.2, 0) is 12.3 Å². The average Bonchev–Trinajstić information content (AvgIpc) is 3.13. The molecule has 0 saturated carbocycles. The van der Waals surface area contributed by atoms with E-state index in [1.165, 1.54) is 11.1 Å². The molecule has 120 valence electrons. The van der Waals surface area contributed by atoms with Crippen LogP contribution in [0.2, 0.25) is 5.02 Å². The maximum atomic E-state index is 8.97. The Morgan fingerprint density at radius 2 is 1.88 bits per heavy atom. The lowest BCUT2D eigenvalue weighted by Gasteiger charge is -2.18. The molecule has 0 fully saturated rings. The molecule has 0 radical (unpaired) electrons. The van der Waals surface area contributed by atoms with Crippen LogP contribution in [0, 0.1) is 11.3 Å².